The van der Waals surface area contributed by atoms with Crippen LogP contribution in [0.5, 0.6) is 11.5 Å². The van der Waals surface area contributed by atoms with Gasteiger partial charge in [0.05, 0.1) is 15.4 Å². The monoisotopic (exact) mass is 512 g/mol. The van der Waals surface area contributed by atoms with Crippen molar-refractivity contribution in [3.8, 4) is 44.9 Å². The van der Waals surface area contributed by atoms with Crippen molar-refractivity contribution in [2.45, 2.75) is 4.90 Å². The number of primary sulfonamides is 1. The number of phenols is 2. The summed E-state index contributed by atoms with van der Waals surface area (Å²) in [6.07, 6.45) is 0. The van der Waals surface area contributed by atoms with E-state index in [4.69, 9.17) is 5.14 Å². The molecule has 0 spiro atoms. The summed E-state index contributed by atoms with van der Waals surface area (Å²) in [5.74, 6) is 0.138. The Labute approximate surface area is 212 Å². The zero-order chi connectivity index (χ0) is 26.3. The Hall–Kier alpha value is -4.73. The van der Waals surface area contributed by atoms with Crippen LogP contribution in [0, 0.1) is 10.1 Å². The predicted molar refractivity (Wildman–Crippen MR) is 142 cm³/mol. The van der Waals surface area contributed by atoms with E-state index in [0.29, 0.717) is 11.1 Å². The first-order chi connectivity index (χ1) is 17.6. The van der Waals surface area contributed by atoms with E-state index in [-0.39, 0.29) is 27.5 Å². The topological polar surface area (TPSA) is 144 Å². The van der Waals surface area contributed by atoms with Crippen LogP contribution >= 0.6 is 0 Å². The fourth-order valence-corrected chi connectivity index (χ4v) is 5.29. The Morgan fingerprint density at radius 2 is 1.35 bits per heavy atom. The molecule has 0 bridgehead atoms. The van der Waals surface area contributed by atoms with Gasteiger partial charge in [-0.25, -0.2) is 13.6 Å². The molecule has 8 nitrogen and oxygen atoms in total. The molecule has 0 saturated carbocycles. The van der Waals surface area contributed by atoms with Crippen molar-refractivity contribution < 1.29 is 23.6 Å². The van der Waals surface area contributed by atoms with Crippen molar-refractivity contribution in [2.75, 3.05) is 0 Å². The first-order valence-corrected chi connectivity index (χ1v) is 12.6. The minimum Gasteiger partial charge on any atom is -0.508 e. The Morgan fingerprint density at radius 1 is 0.703 bits per heavy atom. The molecule has 0 atom stereocenters. The van der Waals surface area contributed by atoms with Crippen LogP contribution in [-0.4, -0.2) is 23.6 Å². The first kappa shape index (κ1) is 24.0. The number of nitro groups is 1. The maximum atomic E-state index is 12.3. The number of hydrogen-bond donors (Lipinski definition) is 3. The minimum absolute atomic E-state index is 0.0102. The van der Waals surface area contributed by atoms with Crippen LogP contribution < -0.4 is 5.14 Å². The molecule has 0 aliphatic heterocycles. The number of phenolic OH excluding ortho intramolecular Hbond substituents is 2. The van der Waals surface area contributed by atoms with E-state index in [1.807, 2.05) is 24.3 Å². The predicted octanol–water partition coefficient (Wildman–Crippen LogP) is 5.81. The van der Waals surface area contributed by atoms with Crippen molar-refractivity contribution in [2.24, 2.45) is 5.14 Å². The van der Waals surface area contributed by atoms with E-state index >= 15 is 0 Å². The fourth-order valence-electron chi connectivity index (χ4n) is 4.52. The van der Waals surface area contributed by atoms with Crippen molar-refractivity contribution in [1.29, 1.82) is 0 Å². The van der Waals surface area contributed by atoms with Gasteiger partial charge in [-0.2, -0.15) is 0 Å². The summed E-state index contributed by atoms with van der Waals surface area (Å²) < 4.78 is 24.5. The second-order valence-corrected chi connectivity index (χ2v) is 10.0. The molecule has 5 rings (SSSR count). The van der Waals surface area contributed by atoms with Crippen molar-refractivity contribution >= 4 is 26.5 Å². The average Bonchev–Trinajstić information content (AvgIpc) is 2.87. The lowest BCUT2D eigenvalue weighted by Gasteiger charge is -2.14. The van der Waals surface area contributed by atoms with E-state index < -0.39 is 20.6 Å². The molecule has 0 saturated heterocycles. The number of rotatable bonds is 5. The van der Waals surface area contributed by atoms with Crippen LogP contribution in [0.3, 0.4) is 0 Å². The average molecular weight is 513 g/mol. The number of sulfonamides is 1. The molecule has 37 heavy (non-hydrogen) atoms. The number of fused-ring (bicyclic) bond motifs is 1. The van der Waals surface area contributed by atoms with Gasteiger partial charge < -0.3 is 10.2 Å². The summed E-state index contributed by atoms with van der Waals surface area (Å²) in [5, 5.41) is 39.3. The Bertz CT molecular complexity index is 1820. The zero-order valence-corrected chi connectivity index (χ0v) is 20.0. The lowest BCUT2D eigenvalue weighted by atomic mass is 9.92. The van der Waals surface area contributed by atoms with Crippen LogP contribution in [0.4, 0.5) is 5.69 Å². The van der Waals surface area contributed by atoms with Crippen molar-refractivity contribution in [3.05, 3.63) is 107 Å². The molecular formula is C28H20N2O6S. The second kappa shape index (κ2) is 9.05. The van der Waals surface area contributed by atoms with Crippen molar-refractivity contribution in [1.82, 2.24) is 0 Å². The molecule has 0 heterocycles. The quantitative estimate of drug-likeness (QED) is 0.200. The highest BCUT2D eigenvalue weighted by molar-refractivity contribution is 7.89. The maximum absolute atomic E-state index is 12.3. The standard InChI is InChI=1S/C28H20N2O6S/c29-37(35,36)26-9-3-8-24(30(33)34)28(26)21-6-1-5-20(15-21)27-23-12-10-18(14-19(23)11-13-25(27)32)17-4-2-7-22(31)16-17/h1-16,31-32H,(H2,29,35,36). The summed E-state index contributed by atoms with van der Waals surface area (Å²) in [5.41, 5.74) is 2.45. The maximum Gasteiger partial charge on any atom is 0.278 e. The summed E-state index contributed by atoms with van der Waals surface area (Å²) >= 11 is 0. The molecule has 0 aliphatic rings. The molecule has 4 N–H and O–H groups in total. The Balaban J connectivity index is 1.71. The largest absolute Gasteiger partial charge is 0.508 e. The normalized spacial score (nSPS) is 11.5. The lowest BCUT2D eigenvalue weighted by molar-refractivity contribution is -0.384. The van der Waals surface area contributed by atoms with Gasteiger partial charge in [-0.1, -0.05) is 54.6 Å². The molecule has 0 radical (unpaired) electrons. The SMILES string of the molecule is NS(=O)(=O)c1cccc([N+](=O)[O-])c1-c1cccc(-c2c(O)ccc3cc(-c4cccc(O)c4)ccc23)c1. The third-order valence-corrected chi connectivity index (χ3v) is 7.08. The van der Waals surface area contributed by atoms with Crippen molar-refractivity contribution in [3.63, 3.8) is 0 Å². The van der Waals surface area contributed by atoms with E-state index in [9.17, 15) is 28.7 Å². The Kier molecular flexibility index (Phi) is 5.87. The number of benzene rings is 5. The van der Waals surface area contributed by atoms with Gasteiger partial charge in [-0.05, 0) is 69.4 Å². The molecule has 0 aliphatic carbocycles. The van der Waals surface area contributed by atoms with Crippen LogP contribution in [0.1, 0.15) is 0 Å². The van der Waals surface area contributed by atoms with Gasteiger partial charge in [-0.3, -0.25) is 10.1 Å². The summed E-state index contributed by atoms with van der Waals surface area (Å²) in [7, 11) is -4.26. The molecule has 184 valence electrons. The highest BCUT2D eigenvalue weighted by Gasteiger charge is 2.25. The summed E-state index contributed by atoms with van der Waals surface area (Å²) in [6, 6.07) is 26.1. The van der Waals surface area contributed by atoms with Gasteiger partial charge in [-0.15, -0.1) is 0 Å². The van der Waals surface area contributed by atoms with Crippen LogP contribution in [0.25, 0.3) is 44.2 Å². The zero-order valence-electron chi connectivity index (χ0n) is 19.2. The van der Waals surface area contributed by atoms with Gasteiger partial charge >= 0.3 is 0 Å². The number of hydrogen-bond acceptors (Lipinski definition) is 6. The summed E-state index contributed by atoms with van der Waals surface area (Å²) in [6.45, 7) is 0. The van der Waals surface area contributed by atoms with E-state index in [2.05, 4.69) is 0 Å². The molecular weight excluding hydrogens is 492 g/mol. The van der Waals surface area contributed by atoms with Gasteiger partial charge in [0.2, 0.25) is 10.0 Å². The van der Waals surface area contributed by atoms with Gasteiger partial charge in [0.1, 0.15) is 11.5 Å². The molecule has 0 amide bonds. The minimum atomic E-state index is -4.26. The van der Waals surface area contributed by atoms with E-state index in [0.717, 1.165) is 21.9 Å². The molecule has 0 unspecified atom stereocenters. The number of nitro benzene ring substituents is 1. The number of nitrogens with two attached hydrogens (primary N) is 1. The third kappa shape index (κ3) is 4.49. The van der Waals surface area contributed by atoms with E-state index in [1.165, 1.54) is 18.2 Å². The molecule has 5 aromatic rings. The summed E-state index contributed by atoms with van der Waals surface area (Å²) in [4.78, 5) is 10.7. The molecule has 0 aromatic heterocycles. The first-order valence-electron chi connectivity index (χ1n) is 11.1. The highest BCUT2D eigenvalue weighted by Crippen LogP contribution is 2.41. The lowest BCUT2D eigenvalue weighted by Crippen LogP contribution is -2.14. The molecule has 9 heteroatoms. The smallest absolute Gasteiger partial charge is 0.278 e. The molecule has 0 fully saturated rings. The van der Waals surface area contributed by atoms with Crippen LogP contribution in [-0.2, 0) is 10.0 Å². The van der Waals surface area contributed by atoms with Gasteiger partial charge in [0.25, 0.3) is 5.69 Å². The fraction of sp³-hybridized carbons (Fsp3) is 0. The third-order valence-electron chi connectivity index (χ3n) is 6.12. The highest BCUT2D eigenvalue weighted by atomic mass is 32.2. The number of aromatic hydroxyl groups is 2. The van der Waals surface area contributed by atoms with Gasteiger partial charge in [0, 0.05) is 11.6 Å². The van der Waals surface area contributed by atoms with Gasteiger partial charge in [0.15, 0.2) is 0 Å². The van der Waals surface area contributed by atoms with Crippen LogP contribution in [0.2, 0.25) is 0 Å². The molecule has 5 aromatic carbocycles. The van der Waals surface area contributed by atoms with Crippen LogP contribution in [0.15, 0.2) is 102 Å². The number of nitrogens with zero attached hydrogens (tertiary/aromatic N) is 1. The second-order valence-electron chi connectivity index (χ2n) is 8.48. The van der Waals surface area contributed by atoms with E-state index in [1.54, 1.807) is 54.6 Å². The Morgan fingerprint density at radius 3 is 2.05 bits per heavy atom.